The predicted molar refractivity (Wildman–Crippen MR) is 85.2 cm³/mol. The van der Waals surface area contributed by atoms with Gasteiger partial charge >= 0.3 is 5.97 Å². The summed E-state index contributed by atoms with van der Waals surface area (Å²) in [6, 6.07) is 0.673. The highest BCUT2D eigenvalue weighted by Crippen LogP contribution is 2.17. The van der Waals surface area contributed by atoms with Crippen LogP contribution in [0.15, 0.2) is 10.5 Å². The molecule has 1 heterocycles. The third kappa shape index (κ3) is 5.37. The zero-order chi connectivity index (χ0) is 17.6. The zero-order valence-electron chi connectivity index (χ0n) is 14.1. The number of nitrogens with one attached hydrogen (secondary N) is 1. The Bertz CT molecular complexity index is 541. The van der Waals surface area contributed by atoms with Crippen molar-refractivity contribution in [3.05, 3.63) is 23.2 Å². The Balaban J connectivity index is 2.82. The molecule has 0 aromatic carbocycles. The summed E-state index contributed by atoms with van der Waals surface area (Å²) in [6.07, 6.45) is 0.644. The number of furan rings is 1. The van der Waals surface area contributed by atoms with Gasteiger partial charge in [-0.2, -0.15) is 0 Å². The van der Waals surface area contributed by atoms with Crippen LogP contribution >= 0.6 is 0 Å². The number of aliphatic hydroxyl groups excluding tert-OH is 1. The third-order valence-corrected chi connectivity index (χ3v) is 3.93. The molecule has 0 bridgehead atoms. The monoisotopic (exact) mass is 326 g/mol. The first-order valence-corrected chi connectivity index (χ1v) is 7.72. The smallest absolute Gasteiger partial charge is 0.326 e. The van der Waals surface area contributed by atoms with Crippen molar-refractivity contribution < 1.29 is 24.2 Å². The van der Waals surface area contributed by atoms with Gasteiger partial charge < -0.3 is 19.9 Å². The summed E-state index contributed by atoms with van der Waals surface area (Å²) in [7, 11) is 1.85. The SMILES string of the molecule is CCC(C)C(NC(=O)c1cc(CN(C)CCO)c(C)o1)C(=O)O. The van der Waals surface area contributed by atoms with E-state index in [1.807, 2.05) is 18.9 Å². The summed E-state index contributed by atoms with van der Waals surface area (Å²) in [5, 5.41) is 20.7. The lowest BCUT2D eigenvalue weighted by Crippen LogP contribution is -2.44. The minimum atomic E-state index is -1.06. The number of hydrogen-bond donors (Lipinski definition) is 3. The van der Waals surface area contributed by atoms with E-state index in [1.165, 1.54) is 0 Å². The number of hydrogen-bond acceptors (Lipinski definition) is 5. The summed E-state index contributed by atoms with van der Waals surface area (Å²) < 4.78 is 5.46. The van der Waals surface area contributed by atoms with E-state index in [1.54, 1.807) is 19.9 Å². The van der Waals surface area contributed by atoms with Crippen LogP contribution in [0.25, 0.3) is 0 Å². The maximum Gasteiger partial charge on any atom is 0.326 e. The van der Waals surface area contributed by atoms with E-state index >= 15 is 0 Å². The Kier molecular flexibility index (Phi) is 7.25. The van der Waals surface area contributed by atoms with Crippen LogP contribution in [0.4, 0.5) is 0 Å². The molecule has 0 saturated carbocycles. The fourth-order valence-electron chi connectivity index (χ4n) is 2.22. The van der Waals surface area contributed by atoms with Crippen LogP contribution in [0.1, 0.15) is 42.1 Å². The van der Waals surface area contributed by atoms with Gasteiger partial charge in [-0.15, -0.1) is 0 Å². The molecule has 1 rings (SSSR count). The van der Waals surface area contributed by atoms with Crippen molar-refractivity contribution in [1.29, 1.82) is 0 Å². The van der Waals surface area contributed by atoms with Crippen LogP contribution in [0.3, 0.4) is 0 Å². The third-order valence-electron chi connectivity index (χ3n) is 3.93. The minimum absolute atomic E-state index is 0.0515. The fraction of sp³-hybridized carbons (Fsp3) is 0.625. The molecule has 0 spiro atoms. The average molecular weight is 326 g/mol. The fourth-order valence-corrected chi connectivity index (χ4v) is 2.22. The molecule has 23 heavy (non-hydrogen) atoms. The summed E-state index contributed by atoms with van der Waals surface area (Å²) in [5.74, 6) is -1.06. The second-order valence-corrected chi connectivity index (χ2v) is 5.83. The Labute approximate surface area is 136 Å². The number of aliphatic carboxylic acids is 1. The average Bonchev–Trinajstić information content (AvgIpc) is 2.84. The topological polar surface area (TPSA) is 103 Å². The molecule has 0 aliphatic rings. The lowest BCUT2D eigenvalue weighted by atomic mass is 9.99. The molecule has 1 amide bonds. The van der Waals surface area contributed by atoms with E-state index in [9.17, 15) is 14.7 Å². The van der Waals surface area contributed by atoms with Gasteiger partial charge in [0.05, 0.1) is 6.61 Å². The van der Waals surface area contributed by atoms with Crippen molar-refractivity contribution in [3.63, 3.8) is 0 Å². The van der Waals surface area contributed by atoms with E-state index in [0.29, 0.717) is 25.3 Å². The summed E-state index contributed by atoms with van der Waals surface area (Å²) >= 11 is 0. The maximum atomic E-state index is 12.2. The van der Waals surface area contributed by atoms with Crippen LogP contribution in [0, 0.1) is 12.8 Å². The van der Waals surface area contributed by atoms with Gasteiger partial charge in [0.2, 0.25) is 0 Å². The van der Waals surface area contributed by atoms with E-state index < -0.39 is 17.9 Å². The number of amides is 1. The number of carbonyl (C=O) groups is 2. The molecule has 0 saturated heterocycles. The molecular weight excluding hydrogens is 300 g/mol. The van der Waals surface area contributed by atoms with Gasteiger partial charge in [0.25, 0.3) is 5.91 Å². The first-order valence-electron chi connectivity index (χ1n) is 7.72. The molecule has 2 unspecified atom stereocenters. The molecule has 2 atom stereocenters. The number of aliphatic hydroxyl groups is 1. The normalized spacial score (nSPS) is 13.8. The zero-order valence-corrected chi connectivity index (χ0v) is 14.1. The Morgan fingerprint density at radius 1 is 1.43 bits per heavy atom. The highest BCUT2D eigenvalue weighted by molar-refractivity contribution is 5.94. The lowest BCUT2D eigenvalue weighted by molar-refractivity contribution is -0.140. The first-order chi connectivity index (χ1) is 10.8. The molecule has 1 aromatic rings. The van der Waals surface area contributed by atoms with E-state index in [0.717, 1.165) is 5.56 Å². The number of nitrogens with zero attached hydrogens (tertiary/aromatic N) is 1. The van der Waals surface area contributed by atoms with Crippen molar-refractivity contribution >= 4 is 11.9 Å². The van der Waals surface area contributed by atoms with Crippen molar-refractivity contribution in [2.45, 2.75) is 39.8 Å². The predicted octanol–water partition coefficient (Wildman–Crippen LogP) is 1.24. The summed E-state index contributed by atoms with van der Waals surface area (Å²) in [6.45, 7) is 6.51. The maximum absolute atomic E-state index is 12.2. The largest absolute Gasteiger partial charge is 0.480 e. The molecule has 7 nitrogen and oxygen atoms in total. The van der Waals surface area contributed by atoms with E-state index in [-0.39, 0.29) is 18.3 Å². The van der Waals surface area contributed by atoms with Crippen LogP contribution in [-0.2, 0) is 11.3 Å². The molecule has 7 heteroatoms. The standard InChI is InChI=1S/C16H26N2O5/c1-5-10(2)14(16(21)22)17-15(20)13-8-12(11(3)23-13)9-18(4)6-7-19/h8,10,14,19H,5-7,9H2,1-4H3,(H,17,20)(H,21,22). The Morgan fingerprint density at radius 2 is 2.09 bits per heavy atom. The van der Waals surface area contributed by atoms with Crippen LogP contribution < -0.4 is 5.32 Å². The van der Waals surface area contributed by atoms with Crippen molar-refractivity contribution in [1.82, 2.24) is 10.2 Å². The van der Waals surface area contributed by atoms with Crippen LogP contribution in [0.5, 0.6) is 0 Å². The van der Waals surface area contributed by atoms with Crippen molar-refractivity contribution in [2.24, 2.45) is 5.92 Å². The minimum Gasteiger partial charge on any atom is -0.480 e. The first kappa shape index (κ1) is 19.2. The second-order valence-electron chi connectivity index (χ2n) is 5.83. The molecule has 130 valence electrons. The molecule has 0 aliphatic carbocycles. The number of aryl methyl sites for hydroxylation is 1. The van der Waals surface area contributed by atoms with Crippen LogP contribution in [0.2, 0.25) is 0 Å². The van der Waals surface area contributed by atoms with Gasteiger partial charge in [-0.3, -0.25) is 9.69 Å². The summed E-state index contributed by atoms with van der Waals surface area (Å²) in [4.78, 5) is 25.4. The van der Waals surface area contributed by atoms with Gasteiger partial charge in [0, 0.05) is 18.7 Å². The van der Waals surface area contributed by atoms with Gasteiger partial charge in [-0.25, -0.2) is 4.79 Å². The van der Waals surface area contributed by atoms with Crippen molar-refractivity contribution in [3.8, 4) is 0 Å². The summed E-state index contributed by atoms with van der Waals surface area (Å²) in [5.41, 5.74) is 0.835. The Morgan fingerprint density at radius 3 is 2.61 bits per heavy atom. The van der Waals surface area contributed by atoms with Crippen molar-refractivity contribution in [2.75, 3.05) is 20.2 Å². The lowest BCUT2D eigenvalue weighted by Gasteiger charge is -2.19. The number of rotatable bonds is 9. The van der Waals surface area contributed by atoms with E-state index in [4.69, 9.17) is 9.52 Å². The van der Waals surface area contributed by atoms with Gasteiger partial charge in [-0.1, -0.05) is 20.3 Å². The molecule has 0 radical (unpaired) electrons. The quantitative estimate of drug-likeness (QED) is 0.631. The highest BCUT2D eigenvalue weighted by Gasteiger charge is 2.27. The number of carboxylic acid groups (broad SMARTS) is 1. The number of carboxylic acids is 1. The second kappa shape index (κ2) is 8.69. The molecule has 0 fully saturated rings. The number of carbonyl (C=O) groups excluding carboxylic acids is 1. The van der Waals surface area contributed by atoms with E-state index in [2.05, 4.69) is 5.32 Å². The highest BCUT2D eigenvalue weighted by atomic mass is 16.4. The number of likely N-dealkylation sites (N-methyl/N-ethyl adjacent to an activating group) is 1. The van der Waals surface area contributed by atoms with Gasteiger partial charge in [-0.05, 0) is 26.0 Å². The molecule has 3 N–H and O–H groups in total. The van der Waals surface area contributed by atoms with Gasteiger partial charge in [0.1, 0.15) is 11.8 Å². The van der Waals surface area contributed by atoms with Crippen LogP contribution in [-0.4, -0.2) is 53.2 Å². The molecule has 1 aromatic heterocycles. The molecular formula is C16H26N2O5. The molecule has 0 aliphatic heterocycles. The Hall–Kier alpha value is -1.86. The van der Waals surface area contributed by atoms with Gasteiger partial charge in [0.15, 0.2) is 5.76 Å².